The lowest BCUT2D eigenvalue weighted by Gasteiger charge is -2.36. The van der Waals surface area contributed by atoms with Crippen LogP contribution in [0.25, 0.3) is 0 Å². The van der Waals surface area contributed by atoms with Crippen molar-refractivity contribution in [1.29, 1.82) is 0 Å². The molecule has 3 rings (SSSR count). The third-order valence-corrected chi connectivity index (χ3v) is 9.01. The molecule has 0 aliphatic carbocycles. The van der Waals surface area contributed by atoms with Gasteiger partial charge in [-0.05, 0) is 103 Å². The monoisotopic (exact) mass is 678 g/mol. The van der Waals surface area contributed by atoms with E-state index in [1.54, 1.807) is 29.2 Å². The first-order valence-electron chi connectivity index (χ1n) is 16.3. The van der Waals surface area contributed by atoms with Gasteiger partial charge in [0.05, 0.1) is 40.5 Å². The molecule has 0 unspecified atom stereocenters. The Hall–Kier alpha value is -2.40. The summed E-state index contributed by atoms with van der Waals surface area (Å²) in [6, 6.07) is 10.4. The van der Waals surface area contributed by atoms with Gasteiger partial charge in [0, 0.05) is 44.3 Å². The predicted molar refractivity (Wildman–Crippen MR) is 186 cm³/mol. The normalized spacial score (nSPS) is 20.6. The number of halogens is 2. The number of carbonyl (C=O) groups excluding carboxylic acids is 2. The number of hydrogen-bond donors (Lipinski definition) is 2. The molecule has 0 radical (unpaired) electrons. The number of nitrogens with one attached hydrogen (secondary N) is 1. The minimum atomic E-state index is -0.452. The van der Waals surface area contributed by atoms with Crippen LogP contribution >= 0.6 is 23.2 Å². The van der Waals surface area contributed by atoms with Crippen molar-refractivity contribution in [2.75, 3.05) is 59.3 Å². The Morgan fingerprint density at radius 2 is 1.87 bits per heavy atom. The molecule has 9 nitrogen and oxygen atoms in total. The standard InChI is InChI=1S/C35H52Cl2N4O5/c1-24-20-41(25(2)23-42)35(44)29-19-28(38-34(43)11-9-16-39(4)5)13-15-32(29)46-26(3)10-7-8-17-45-33(24)22-40(6)21-27-12-14-30(36)31(37)18-27/h12-15,18-19,24-26,33,42H,7-11,16-17,20-23H2,1-6H3,(H,38,43)/t24-,25+,26+,33-/m0/s1. The van der Waals surface area contributed by atoms with Gasteiger partial charge in [-0.15, -0.1) is 0 Å². The number of likely N-dealkylation sites (N-methyl/N-ethyl adjacent to an activating group) is 1. The Labute approximate surface area is 285 Å². The molecule has 256 valence electrons. The molecule has 0 aromatic heterocycles. The van der Waals surface area contributed by atoms with Gasteiger partial charge in [0.2, 0.25) is 5.91 Å². The van der Waals surface area contributed by atoms with Crippen molar-refractivity contribution in [2.24, 2.45) is 5.92 Å². The summed E-state index contributed by atoms with van der Waals surface area (Å²) in [5.41, 5.74) is 1.94. The van der Waals surface area contributed by atoms with Gasteiger partial charge in [-0.25, -0.2) is 0 Å². The number of aliphatic hydroxyl groups is 1. The molecule has 46 heavy (non-hydrogen) atoms. The highest BCUT2D eigenvalue weighted by atomic mass is 35.5. The summed E-state index contributed by atoms with van der Waals surface area (Å²) in [6.45, 7) is 8.78. The van der Waals surface area contributed by atoms with E-state index in [1.165, 1.54) is 0 Å². The molecule has 1 aliphatic rings. The maximum absolute atomic E-state index is 14.3. The fourth-order valence-corrected chi connectivity index (χ4v) is 5.88. The van der Waals surface area contributed by atoms with Crippen LogP contribution in [0.4, 0.5) is 5.69 Å². The van der Waals surface area contributed by atoms with Gasteiger partial charge in [0.1, 0.15) is 5.75 Å². The number of hydrogen-bond acceptors (Lipinski definition) is 7. The van der Waals surface area contributed by atoms with Crippen LogP contribution in [0.1, 0.15) is 68.8 Å². The number of benzene rings is 2. The summed E-state index contributed by atoms with van der Waals surface area (Å²) >= 11 is 12.4. The molecule has 11 heteroatoms. The first-order valence-corrected chi connectivity index (χ1v) is 17.0. The summed E-state index contributed by atoms with van der Waals surface area (Å²) in [7, 11) is 5.99. The smallest absolute Gasteiger partial charge is 0.258 e. The first kappa shape index (κ1) is 38.1. The zero-order chi connectivity index (χ0) is 33.8. The highest BCUT2D eigenvalue weighted by Crippen LogP contribution is 2.29. The van der Waals surface area contributed by atoms with Crippen molar-refractivity contribution in [3.63, 3.8) is 0 Å². The molecule has 1 aliphatic heterocycles. The molecule has 0 bridgehead atoms. The van der Waals surface area contributed by atoms with Gasteiger partial charge in [-0.3, -0.25) is 14.5 Å². The Morgan fingerprint density at radius 1 is 1.11 bits per heavy atom. The molecule has 1 heterocycles. The van der Waals surface area contributed by atoms with Crippen LogP contribution in [0.15, 0.2) is 36.4 Å². The molecule has 0 saturated heterocycles. The molecule has 2 amide bonds. The van der Waals surface area contributed by atoms with Crippen molar-refractivity contribution < 1.29 is 24.2 Å². The summed E-state index contributed by atoms with van der Waals surface area (Å²) in [4.78, 5) is 32.9. The van der Waals surface area contributed by atoms with Gasteiger partial charge in [-0.2, -0.15) is 0 Å². The van der Waals surface area contributed by atoms with Gasteiger partial charge in [0.15, 0.2) is 0 Å². The SMILES string of the molecule is C[C@@H]1CCCCO[C@@H](CN(C)Cc2ccc(Cl)c(Cl)c2)[C@@H](C)CN([C@H](C)CO)C(=O)c2cc(NC(=O)CCCN(C)C)ccc2O1. The van der Waals surface area contributed by atoms with E-state index in [1.807, 2.05) is 52.0 Å². The average molecular weight is 680 g/mol. The average Bonchev–Trinajstić information content (AvgIpc) is 3.00. The van der Waals surface area contributed by atoms with Crippen molar-refractivity contribution in [1.82, 2.24) is 14.7 Å². The maximum atomic E-state index is 14.3. The van der Waals surface area contributed by atoms with Crippen molar-refractivity contribution in [2.45, 2.75) is 77.7 Å². The van der Waals surface area contributed by atoms with E-state index in [4.69, 9.17) is 32.7 Å². The van der Waals surface area contributed by atoms with E-state index in [0.717, 1.165) is 37.8 Å². The predicted octanol–water partition coefficient (Wildman–Crippen LogP) is 6.20. The third-order valence-electron chi connectivity index (χ3n) is 8.27. The van der Waals surface area contributed by atoms with Crippen molar-refractivity contribution in [3.8, 4) is 5.75 Å². The van der Waals surface area contributed by atoms with Gasteiger partial charge in [-0.1, -0.05) is 36.2 Å². The number of amides is 2. The molecule has 4 atom stereocenters. The van der Waals surface area contributed by atoms with E-state index >= 15 is 0 Å². The fourth-order valence-electron chi connectivity index (χ4n) is 5.56. The van der Waals surface area contributed by atoms with Gasteiger partial charge >= 0.3 is 0 Å². The molecule has 2 N–H and O–H groups in total. The zero-order valence-electron chi connectivity index (χ0n) is 28.2. The number of ether oxygens (including phenoxy) is 2. The second-order valence-corrected chi connectivity index (χ2v) is 13.7. The lowest BCUT2D eigenvalue weighted by atomic mass is 10.0. The largest absolute Gasteiger partial charge is 0.490 e. The zero-order valence-corrected chi connectivity index (χ0v) is 29.7. The number of carbonyl (C=O) groups is 2. The number of aliphatic hydroxyl groups excluding tert-OH is 1. The molecule has 0 fully saturated rings. The van der Waals surface area contributed by atoms with Crippen LogP contribution in [0, 0.1) is 5.92 Å². The summed E-state index contributed by atoms with van der Waals surface area (Å²) in [5.74, 6) is 0.0417. The van der Waals surface area contributed by atoms with Crippen LogP contribution in [-0.4, -0.2) is 104 Å². The summed E-state index contributed by atoms with van der Waals surface area (Å²) in [6.07, 6.45) is 3.41. The van der Waals surface area contributed by atoms with Crippen molar-refractivity contribution in [3.05, 3.63) is 57.6 Å². The molecule has 2 aromatic carbocycles. The Morgan fingerprint density at radius 3 is 2.57 bits per heavy atom. The van der Waals surface area contributed by atoms with Crippen LogP contribution in [0.2, 0.25) is 10.0 Å². The minimum absolute atomic E-state index is 0.0555. The van der Waals surface area contributed by atoms with Crippen molar-refractivity contribution >= 4 is 40.7 Å². The Kier molecular flexibility index (Phi) is 15.6. The summed E-state index contributed by atoms with van der Waals surface area (Å²) < 4.78 is 12.8. The molecular formula is C35H52Cl2N4O5. The highest BCUT2D eigenvalue weighted by molar-refractivity contribution is 6.42. The van der Waals surface area contributed by atoms with Crippen LogP contribution < -0.4 is 10.1 Å². The van der Waals surface area contributed by atoms with E-state index in [-0.39, 0.29) is 36.5 Å². The molecular weight excluding hydrogens is 627 g/mol. The van der Waals surface area contributed by atoms with Gasteiger partial charge in [0.25, 0.3) is 5.91 Å². The second kappa shape index (κ2) is 18.8. The number of nitrogens with zero attached hydrogens (tertiary/aromatic N) is 3. The molecule has 2 aromatic rings. The quantitative estimate of drug-likeness (QED) is 0.292. The van der Waals surface area contributed by atoms with E-state index < -0.39 is 6.04 Å². The number of rotatable bonds is 11. The lowest BCUT2D eigenvalue weighted by molar-refractivity contribution is -0.116. The lowest BCUT2D eigenvalue weighted by Crippen LogP contribution is -2.47. The van der Waals surface area contributed by atoms with E-state index in [2.05, 4.69) is 17.1 Å². The summed E-state index contributed by atoms with van der Waals surface area (Å²) in [5, 5.41) is 14.2. The van der Waals surface area contributed by atoms with E-state index in [9.17, 15) is 14.7 Å². The third kappa shape index (κ3) is 12.0. The maximum Gasteiger partial charge on any atom is 0.258 e. The Balaban J connectivity index is 1.87. The van der Waals surface area contributed by atoms with Crippen LogP contribution in [0.3, 0.4) is 0 Å². The number of fused-ring (bicyclic) bond motifs is 1. The highest BCUT2D eigenvalue weighted by Gasteiger charge is 2.30. The molecule has 0 saturated carbocycles. The van der Waals surface area contributed by atoms with Crippen LogP contribution in [-0.2, 0) is 16.1 Å². The Bertz CT molecular complexity index is 1280. The van der Waals surface area contributed by atoms with E-state index in [0.29, 0.717) is 59.7 Å². The minimum Gasteiger partial charge on any atom is -0.490 e. The molecule has 0 spiro atoms. The first-order chi connectivity index (χ1) is 21.9. The van der Waals surface area contributed by atoms with Crippen LogP contribution in [0.5, 0.6) is 5.75 Å². The van der Waals surface area contributed by atoms with Gasteiger partial charge < -0.3 is 29.7 Å². The number of anilines is 1. The fraction of sp³-hybridized carbons (Fsp3) is 0.600. The second-order valence-electron chi connectivity index (χ2n) is 12.9. The topological polar surface area (TPSA) is 94.6 Å².